The Kier molecular flexibility index (Phi) is 3.85. The van der Waals surface area contributed by atoms with Crippen LogP contribution in [0.4, 0.5) is 5.82 Å². The first kappa shape index (κ1) is 13.3. The van der Waals surface area contributed by atoms with E-state index in [-0.39, 0.29) is 5.41 Å². The second-order valence-electron chi connectivity index (χ2n) is 6.19. The average Bonchev–Trinajstić information content (AvgIpc) is 2.77. The molecule has 2 rings (SSSR count). The van der Waals surface area contributed by atoms with E-state index in [0.717, 1.165) is 37.1 Å². The third-order valence-corrected chi connectivity index (χ3v) is 3.52. The molecule has 4 heteroatoms. The maximum atomic E-state index is 4.38. The van der Waals surface area contributed by atoms with Crippen molar-refractivity contribution in [1.82, 2.24) is 15.5 Å². The van der Waals surface area contributed by atoms with Crippen LogP contribution in [0.3, 0.4) is 0 Å². The molecule has 2 heterocycles. The Labute approximate surface area is 110 Å². The van der Waals surface area contributed by atoms with Crippen molar-refractivity contribution in [3.8, 4) is 0 Å². The fourth-order valence-electron chi connectivity index (χ4n) is 2.39. The molecule has 1 unspecified atom stereocenters. The van der Waals surface area contributed by atoms with Gasteiger partial charge in [-0.3, -0.25) is 0 Å². The minimum Gasteiger partial charge on any atom is -0.355 e. The highest BCUT2D eigenvalue weighted by Gasteiger charge is 2.23. The predicted molar refractivity (Wildman–Crippen MR) is 75.0 cm³/mol. The maximum Gasteiger partial charge on any atom is 0.151 e. The second kappa shape index (κ2) is 5.22. The van der Waals surface area contributed by atoms with Gasteiger partial charge in [0.25, 0.3) is 0 Å². The lowest BCUT2D eigenvalue weighted by Crippen LogP contribution is -2.25. The van der Waals surface area contributed by atoms with E-state index in [0.29, 0.717) is 0 Å². The summed E-state index contributed by atoms with van der Waals surface area (Å²) in [6, 6.07) is 4.21. The highest BCUT2D eigenvalue weighted by molar-refractivity contribution is 5.39. The highest BCUT2D eigenvalue weighted by atomic mass is 15.3. The molecule has 0 aliphatic carbocycles. The fraction of sp³-hybridized carbons (Fsp3) is 0.714. The van der Waals surface area contributed by atoms with Crippen molar-refractivity contribution in [1.29, 1.82) is 0 Å². The van der Waals surface area contributed by atoms with Crippen molar-refractivity contribution in [3.05, 3.63) is 17.8 Å². The summed E-state index contributed by atoms with van der Waals surface area (Å²) >= 11 is 0. The smallest absolute Gasteiger partial charge is 0.151 e. The molecule has 1 aliphatic heterocycles. The normalized spacial score (nSPS) is 20.4. The molecule has 1 aromatic rings. The van der Waals surface area contributed by atoms with Crippen LogP contribution in [0.5, 0.6) is 0 Å². The van der Waals surface area contributed by atoms with Gasteiger partial charge < -0.3 is 10.2 Å². The van der Waals surface area contributed by atoms with Gasteiger partial charge in [0.15, 0.2) is 5.82 Å². The summed E-state index contributed by atoms with van der Waals surface area (Å²) < 4.78 is 0. The summed E-state index contributed by atoms with van der Waals surface area (Å²) in [5, 5.41) is 12.0. The Balaban J connectivity index is 2.03. The number of anilines is 1. The molecule has 1 aromatic heterocycles. The van der Waals surface area contributed by atoms with Crippen LogP contribution in [0, 0.1) is 5.92 Å². The zero-order valence-electron chi connectivity index (χ0n) is 11.9. The molecule has 0 amide bonds. The first-order valence-corrected chi connectivity index (χ1v) is 6.74. The monoisotopic (exact) mass is 248 g/mol. The highest BCUT2D eigenvalue weighted by Crippen LogP contribution is 2.24. The minimum atomic E-state index is 0.0746. The van der Waals surface area contributed by atoms with Gasteiger partial charge in [-0.2, -0.15) is 5.10 Å². The van der Waals surface area contributed by atoms with Gasteiger partial charge in [0.1, 0.15) is 0 Å². The standard InChI is InChI=1S/C14H24N4/c1-14(2,3)12-5-6-13(17-16-12)18-8-7-11(10-18)9-15-4/h5-6,11,15H,7-10H2,1-4H3. The molecule has 1 saturated heterocycles. The molecule has 0 spiro atoms. The zero-order valence-corrected chi connectivity index (χ0v) is 11.9. The van der Waals surface area contributed by atoms with E-state index in [1.54, 1.807) is 0 Å². The molecule has 1 aliphatic rings. The lowest BCUT2D eigenvalue weighted by Gasteiger charge is -2.20. The Morgan fingerprint density at radius 2 is 2.11 bits per heavy atom. The summed E-state index contributed by atoms with van der Waals surface area (Å²) in [6.45, 7) is 9.75. The Morgan fingerprint density at radius 1 is 1.33 bits per heavy atom. The van der Waals surface area contributed by atoms with Gasteiger partial charge in [0.2, 0.25) is 0 Å². The third kappa shape index (κ3) is 2.99. The van der Waals surface area contributed by atoms with Gasteiger partial charge >= 0.3 is 0 Å². The van der Waals surface area contributed by atoms with Gasteiger partial charge in [0.05, 0.1) is 5.69 Å². The van der Waals surface area contributed by atoms with Gasteiger partial charge in [-0.1, -0.05) is 20.8 Å². The molecular formula is C14H24N4. The van der Waals surface area contributed by atoms with Gasteiger partial charge in [-0.15, -0.1) is 5.10 Å². The Morgan fingerprint density at radius 3 is 2.67 bits per heavy atom. The predicted octanol–water partition coefficient (Wildman–Crippen LogP) is 1.82. The van der Waals surface area contributed by atoms with Crippen molar-refractivity contribution in [3.63, 3.8) is 0 Å². The molecule has 18 heavy (non-hydrogen) atoms. The van der Waals surface area contributed by atoms with Crippen LogP contribution >= 0.6 is 0 Å². The minimum absolute atomic E-state index is 0.0746. The number of nitrogens with zero attached hydrogens (tertiary/aromatic N) is 3. The third-order valence-electron chi connectivity index (χ3n) is 3.52. The van der Waals surface area contributed by atoms with E-state index >= 15 is 0 Å². The van der Waals surface area contributed by atoms with Gasteiger partial charge in [0, 0.05) is 18.5 Å². The summed E-state index contributed by atoms with van der Waals surface area (Å²) in [5.41, 5.74) is 1.13. The van der Waals surface area contributed by atoms with Crippen molar-refractivity contribution in [2.75, 3.05) is 31.6 Å². The first-order chi connectivity index (χ1) is 8.50. The molecule has 0 bridgehead atoms. The number of rotatable bonds is 3. The van der Waals surface area contributed by atoms with Crippen molar-refractivity contribution in [2.24, 2.45) is 5.92 Å². The molecule has 100 valence electrons. The average molecular weight is 248 g/mol. The van der Waals surface area contributed by atoms with Crippen molar-refractivity contribution >= 4 is 5.82 Å². The summed E-state index contributed by atoms with van der Waals surface area (Å²) in [4.78, 5) is 2.33. The lowest BCUT2D eigenvalue weighted by atomic mass is 9.92. The molecule has 1 fully saturated rings. The van der Waals surface area contributed by atoms with E-state index in [1.807, 2.05) is 7.05 Å². The second-order valence-corrected chi connectivity index (χ2v) is 6.19. The largest absolute Gasteiger partial charge is 0.355 e. The van der Waals surface area contributed by atoms with E-state index < -0.39 is 0 Å². The number of hydrogen-bond donors (Lipinski definition) is 1. The van der Waals surface area contributed by atoms with Crippen LogP contribution in [0.1, 0.15) is 32.9 Å². The summed E-state index contributed by atoms with van der Waals surface area (Å²) in [7, 11) is 2.01. The Bertz CT molecular complexity index is 380. The van der Waals surface area contributed by atoms with Crippen LogP contribution in [0.15, 0.2) is 12.1 Å². The summed E-state index contributed by atoms with van der Waals surface area (Å²) in [5.74, 6) is 1.75. The van der Waals surface area contributed by atoms with Crippen LogP contribution in [-0.4, -0.2) is 36.9 Å². The van der Waals surface area contributed by atoms with Gasteiger partial charge in [-0.05, 0) is 38.1 Å². The van der Waals surface area contributed by atoms with Crippen molar-refractivity contribution < 1.29 is 0 Å². The number of aromatic nitrogens is 2. The van der Waals surface area contributed by atoms with E-state index in [1.165, 1.54) is 6.42 Å². The quantitative estimate of drug-likeness (QED) is 0.886. The summed E-state index contributed by atoms with van der Waals surface area (Å²) in [6.07, 6.45) is 1.24. The van der Waals surface area contributed by atoms with Gasteiger partial charge in [-0.25, -0.2) is 0 Å². The zero-order chi connectivity index (χ0) is 13.2. The molecule has 0 radical (unpaired) electrons. The molecule has 0 aromatic carbocycles. The van der Waals surface area contributed by atoms with Crippen LogP contribution < -0.4 is 10.2 Å². The fourth-order valence-corrected chi connectivity index (χ4v) is 2.39. The van der Waals surface area contributed by atoms with Crippen LogP contribution in [0.25, 0.3) is 0 Å². The lowest BCUT2D eigenvalue weighted by molar-refractivity contribution is 0.547. The molecule has 1 N–H and O–H groups in total. The van der Waals surface area contributed by atoms with Crippen LogP contribution in [-0.2, 0) is 5.41 Å². The number of nitrogens with one attached hydrogen (secondary N) is 1. The van der Waals surface area contributed by atoms with Crippen molar-refractivity contribution in [2.45, 2.75) is 32.6 Å². The van der Waals surface area contributed by atoms with E-state index in [9.17, 15) is 0 Å². The SMILES string of the molecule is CNCC1CCN(c2ccc(C(C)(C)C)nn2)C1. The van der Waals surface area contributed by atoms with Crippen LogP contribution in [0.2, 0.25) is 0 Å². The Hall–Kier alpha value is -1.16. The topological polar surface area (TPSA) is 41.0 Å². The molecule has 4 nitrogen and oxygen atoms in total. The first-order valence-electron chi connectivity index (χ1n) is 6.74. The molecule has 1 atom stereocenters. The molecule has 0 saturated carbocycles. The number of hydrogen-bond acceptors (Lipinski definition) is 4. The van der Waals surface area contributed by atoms with E-state index in [2.05, 4.69) is 53.3 Å². The van der Waals surface area contributed by atoms with E-state index in [4.69, 9.17) is 0 Å². The molecular weight excluding hydrogens is 224 g/mol. The maximum absolute atomic E-state index is 4.38.